The molecule has 0 N–H and O–H groups in total. The Morgan fingerprint density at radius 3 is 2.16 bits per heavy atom. The molecule has 2 rings (SSSR count). The summed E-state index contributed by atoms with van der Waals surface area (Å²) in [5, 5.41) is 0. The van der Waals surface area contributed by atoms with Crippen molar-refractivity contribution in [2.75, 3.05) is 0 Å². The Morgan fingerprint density at radius 2 is 1.79 bits per heavy atom. The topological polar surface area (TPSA) is 0 Å². The van der Waals surface area contributed by atoms with Gasteiger partial charge in [0.2, 0.25) is 0 Å². The molecule has 0 nitrogen and oxygen atoms in total. The zero-order valence-electron chi connectivity index (χ0n) is 11.8. The molecule has 2 aliphatic rings. The highest BCUT2D eigenvalue weighted by molar-refractivity contribution is 8.01. The Morgan fingerprint density at radius 1 is 1.21 bits per heavy atom. The number of rotatable bonds is 7. The number of hydrogen-bond donors (Lipinski definition) is 0. The van der Waals surface area contributed by atoms with Crippen molar-refractivity contribution in [1.29, 1.82) is 0 Å². The standard InChI is InChI=1S/C9H14B10/c1-3-8-9(5-7-4-6(7)2)15(8)19(17(12)13)18(14)16(10)11/h3,6-9H,1,4-5H2,2H3. The van der Waals surface area contributed by atoms with Gasteiger partial charge in [-0.1, -0.05) is 31.1 Å². The first kappa shape index (κ1) is 15.8. The molecule has 1 heterocycles. The van der Waals surface area contributed by atoms with Crippen molar-refractivity contribution < 1.29 is 0 Å². The summed E-state index contributed by atoms with van der Waals surface area (Å²) >= 11 is 0. The summed E-state index contributed by atoms with van der Waals surface area (Å²) in [7, 11) is 29.4. The first-order valence-electron chi connectivity index (χ1n) is 7.29. The average molecular weight is 230 g/mol. The van der Waals surface area contributed by atoms with Gasteiger partial charge in [-0.15, -0.1) is 6.58 Å². The Hall–Kier alpha value is 0.389. The lowest BCUT2D eigenvalue weighted by atomic mass is 8.57. The van der Waals surface area contributed by atoms with Crippen LogP contribution in [0.2, 0.25) is 11.6 Å². The van der Waals surface area contributed by atoms with Crippen molar-refractivity contribution in [1.82, 2.24) is 0 Å². The second kappa shape index (κ2) is 6.02. The summed E-state index contributed by atoms with van der Waals surface area (Å²) in [5.41, 5.74) is 0. The maximum Gasteiger partial charge on any atom is 0.102 e. The minimum atomic E-state index is -0.578. The third-order valence-electron chi connectivity index (χ3n) is 5.19. The van der Waals surface area contributed by atoms with E-state index in [1.807, 2.05) is 6.08 Å². The molecule has 80 valence electrons. The fourth-order valence-corrected chi connectivity index (χ4v) is 3.72. The average Bonchev–Trinajstić information content (AvgIpc) is 3.19. The third-order valence-corrected chi connectivity index (χ3v) is 5.19. The highest BCUT2D eigenvalue weighted by Crippen LogP contribution is 2.59. The van der Waals surface area contributed by atoms with E-state index < -0.39 is 12.8 Å². The summed E-state index contributed by atoms with van der Waals surface area (Å²) in [6.07, 6.45) is 3.17. The van der Waals surface area contributed by atoms with Gasteiger partial charge < -0.3 is 0 Å². The summed E-state index contributed by atoms with van der Waals surface area (Å²) in [6.45, 7) is 6.63. The van der Waals surface area contributed by atoms with Gasteiger partial charge in [0.15, 0.2) is 0 Å². The van der Waals surface area contributed by atoms with Gasteiger partial charge in [0.05, 0.1) is 0 Å². The van der Waals surface area contributed by atoms with E-state index in [9.17, 15) is 0 Å². The fourth-order valence-electron chi connectivity index (χ4n) is 3.72. The van der Waals surface area contributed by atoms with E-state index in [0.29, 0.717) is 18.2 Å². The van der Waals surface area contributed by atoms with Crippen molar-refractivity contribution in [3.05, 3.63) is 12.7 Å². The van der Waals surface area contributed by atoms with Gasteiger partial charge in [-0.3, -0.25) is 0 Å². The van der Waals surface area contributed by atoms with Gasteiger partial charge in [-0.2, -0.15) is 0 Å². The van der Waals surface area contributed by atoms with Crippen LogP contribution in [0.4, 0.5) is 0 Å². The Kier molecular flexibility index (Phi) is 5.00. The summed E-state index contributed by atoms with van der Waals surface area (Å²) in [5.74, 6) is 2.80. The number of allylic oxidation sites excluding steroid dienone is 1. The maximum absolute atomic E-state index is 6.11. The molecule has 0 aromatic heterocycles. The monoisotopic (exact) mass is 232 g/mol. The summed E-state index contributed by atoms with van der Waals surface area (Å²) in [6, 6.07) is 0. The molecule has 2 fully saturated rings. The third kappa shape index (κ3) is 3.35. The predicted molar refractivity (Wildman–Crippen MR) is 97.1 cm³/mol. The highest BCUT2D eigenvalue weighted by Gasteiger charge is 2.58. The molecule has 0 spiro atoms. The Labute approximate surface area is 127 Å². The van der Waals surface area contributed by atoms with Crippen molar-refractivity contribution in [2.24, 2.45) is 11.8 Å². The summed E-state index contributed by atoms with van der Waals surface area (Å²) in [4.78, 5) is 0. The van der Waals surface area contributed by atoms with Crippen molar-refractivity contribution in [3.63, 3.8) is 0 Å². The Balaban J connectivity index is 2.02. The fraction of sp³-hybridized carbons (Fsp3) is 0.778. The van der Waals surface area contributed by atoms with Crippen LogP contribution >= 0.6 is 0 Å². The number of hydrogen-bond acceptors (Lipinski definition) is 0. The second-order valence-corrected chi connectivity index (χ2v) is 6.57. The van der Waals surface area contributed by atoms with Crippen LogP contribution in [0.3, 0.4) is 0 Å². The van der Waals surface area contributed by atoms with E-state index in [4.69, 9.17) is 38.7 Å². The normalized spacial score (nSPS) is 31.5. The lowest BCUT2D eigenvalue weighted by molar-refractivity contribution is 0.673. The van der Waals surface area contributed by atoms with Crippen molar-refractivity contribution in [2.45, 2.75) is 31.4 Å². The molecule has 10 heteroatoms. The highest BCUT2D eigenvalue weighted by atomic mass is 14.4. The first-order chi connectivity index (χ1) is 8.88. The van der Waals surface area contributed by atoms with Crippen LogP contribution in [0.5, 0.6) is 0 Å². The molecule has 1 aliphatic heterocycles. The lowest BCUT2D eigenvalue weighted by Gasteiger charge is -2.26. The van der Waals surface area contributed by atoms with E-state index in [0.717, 1.165) is 11.8 Å². The second-order valence-electron chi connectivity index (χ2n) is 6.57. The van der Waals surface area contributed by atoms with Crippen molar-refractivity contribution >= 4 is 70.8 Å². The van der Waals surface area contributed by atoms with E-state index in [1.165, 1.54) is 12.8 Å². The van der Waals surface area contributed by atoms with Crippen LogP contribution in [0.25, 0.3) is 0 Å². The molecule has 0 amide bonds. The smallest absolute Gasteiger partial charge is 0.102 e. The van der Waals surface area contributed by atoms with Gasteiger partial charge in [-0.25, -0.2) is 0 Å². The minimum Gasteiger partial charge on any atom is -0.104 e. The van der Waals surface area contributed by atoms with Crippen LogP contribution in [-0.2, 0) is 0 Å². The minimum absolute atomic E-state index is 0.0259. The predicted octanol–water partition coefficient (Wildman–Crippen LogP) is -0.914. The van der Waals surface area contributed by atoms with Gasteiger partial charge in [0.25, 0.3) is 0 Å². The van der Waals surface area contributed by atoms with Crippen LogP contribution in [0.15, 0.2) is 12.7 Å². The molecule has 0 aromatic rings. The maximum atomic E-state index is 6.11. The van der Waals surface area contributed by atoms with Gasteiger partial charge >= 0.3 is 0 Å². The van der Waals surface area contributed by atoms with Gasteiger partial charge in [-0.05, 0) is 18.3 Å². The molecule has 19 heavy (non-hydrogen) atoms. The molecular formula is C9H14B10. The van der Waals surface area contributed by atoms with Crippen LogP contribution < -0.4 is 0 Å². The SMILES string of the molecule is [B]B([B])B([B])B(B([B])[B])B1C(C=C)C1CC1CC1C. The molecule has 4 unspecified atom stereocenters. The van der Waals surface area contributed by atoms with E-state index in [-0.39, 0.29) is 12.8 Å². The van der Waals surface area contributed by atoms with Gasteiger partial charge in [0.1, 0.15) is 6.60 Å². The van der Waals surface area contributed by atoms with Crippen molar-refractivity contribution in [3.8, 4) is 0 Å². The molecule has 1 saturated heterocycles. The quantitative estimate of drug-likeness (QED) is 0.392. The molecule has 0 bridgehead atoms. The molecule has 4 atom stereocenters. The largest absolute Gasteiger partial charge is 0.104 e. The van der Waals surface area contributed by atoms with E-state index in [2.05, 4.69) is 13.5 Å². The molecule has 1 saturated carbocycles. The van der Waals surface area contributed by atoms with E-state index >= 15 is 0 Å². The van der Waals surface area contributed by atoms with E-state index in [1.54, 1.807) is 0 Å². The van der Waals surface area contributed by atoms with Crippen LogP contribution in [-0.4, -0.2) is 70.8 Å². The zero-order chi connectivity index (χ0) is 14.3. The first-order valence-corrected chi connectivity index (χ1v) is 7.29. The summed E-state index contributed by atoms with van der Waals surface area (Å²) < 4.78 is 0. The molecule has 10 radical (unpaired) electrons. The molecule has 0 aromatic carbocycles. The lowest BCUT2D eigenvalue weighted by Crippen LogP contribution is -2.63. The zero-order valence-corrected chi connectivity index (χ0v) is 11.8. The van der Waals surface area contributed by atoms with Crippen LogP contribution in [0.1, 0.15) is 19.8 Å². The molecular weight excluding hydrogens is 216 g/mol. The Bertz CT molecular complexity index is 333. The van der Waals surface area contributed by atoms with Gasteiger partial charge in [0, 0.05) is 64.2 Å². The van der Waals surface area contributed by atoms with Crippen LogP contribution in [0, 0.1) is 11.8 Å². The molecule has 1 aliphatic carbocycles.